The van der Waals surface area contributed by atoms with Gasteiger partial charge in [0.05, 0.1) is 10.6 Å². The lowest BCUT2D eigenvalue weighted by Gasteiger charge is -2.02. The minimum Gasteiger partial charge on any atom is -0.333 e. The summed E-state index contributed by atoms with van der Waals surface area (Å²) in [6, 6.07) is 10.3. The van der Waals surface area contributed by atoms with E-state index in [1.165, 1.54) is 34.8 Å². The zero-order valence-electron chi connectivity index (χ0n) is 15.3. The first-order valence-corrected chi connectivity index (χ1v) is 10.7. The Morgan fingerprint density at radius 3 is 2.97 bits per heavy atom. The van der Waals surface area contributed by atoms with Crippen molar-refractivity contribution in [2.24, 2.45) is 5.92 Å². The molecule has 0 bridgehead atoms. The maximum absolute atomic E-state index is 13.4. The molecule has 1 aliphatic rings. The van der Waals surface area contributed by atoms with Gasteiger partial charge in [0.15, 0.2) is 5.13 Å². The first kappa shape index (κ1) is 18.1. The SMILES string of the molecule is Cc1nc(NC(=O)C2CC2c2cccc(F)c2)sc1-c1nc(-c2cccs2)no1. The molecular weight excluding hydrogens is 411 g/mol. The molecule has 0 saturated heterocycles. The van der Waals surface area contributed by atoms with E-state index in [0.29, 0.717) is 29.0 Å². The standard InChI is InChI=1S/C20H15FN4O2S2/c1-10-16(19-23-17(25-27-19)15-6-3-7-28-15)29-20(22-10)24-18(26)14-9-13(14)11-4-2-5-12(21)8-11/h2-8,13-14H,9H2,1H3,(H,22,24,26). The average Bonchev–Trinajstić information content (AvgIpc) is 3.04. The first-order valence-electron chi connectivity index (χ1n) is 9.00. The Morgan fingerprint density at radius 2 is 2.17 bits per heavy atom. The molecule has 1 saturated carbocycles. The topological polar surface area (TPSA) is 80.9 Å². The number of thiophene rings is 1. The van der Waals surface area contributed by atoms with Crippen LogP contribution < -0.4 is 5.32 Å². The zero-order chi connectivity index (χ0) is 20.0. The summed E-state index contributed by atoms with van der Waals surface area (Å²) in [4.78, 5) is 23.1. The summed E-state index contributed by atoms with van der Waals surface area (Å²) in [6.07, 6.45) is 0.709. The van der Waals surface area contributed by atoms with Crippen molar-refractivity contribution in [1.29, 1.82) is 0 Å². The maximum Gasteiger partial charge on any atom is 0.270 e. The lowest BCUT2D eigenvalue weighted by Crippen LogP contribution is -2.14. The Hall–Kier alpha value is -2.91. The van der Waals surface area contributed by atoms with Crippen LogP contribution in [0.2, 0.25) is 0 Å². The van der Waals surface area contributed by atoms with E-state index in [-0.39, 0.29) is 23.6 Å². The van der Waals surface area contributed by atoms with Crippen molar-refractivity contribution in [3.05, 3.63) is 58.9 Å². The van der Waals surface area contributed by atoms with Gasteiger partial charge < -0.3 is 9.84 Å². The largest absolute Gasteiger partial charge is 0.333 e. The number of amides is 1. The van der Waals surface area contributed by atoms with Crippen molar-refractivity contribution in [2.75, 3.05) is 5.32 Å². The van der Waals surface area contributed by atoms with Crippen LogP contribution in [0.15, 0.2) is 46.3 Å². The predicted octanol–water partition coefficient (Wildman–Crippen LogP) is 5.11. The van der Waals surface area contributed by atoms with E-state index in [0.717, 1.165) is 15.3 Å². The molecule has 29 heavy (non-hydrogen) atoms. The van der Waals surface area contributed by atoms with Crippen LogP contribution in [0, 0.1) is 18.7 Å². The number of hydrogen-bond acceptors (Lipinski definition) is 7. The van der Waals surface area contributed by atoms with Crippen molar-refractivity contribution < 1.29 is 13.7 Å². The second-order valence-corrected chi connectivity index (χ2v) is 8.77. The van der Waals surface area contributed by atoms with E-state index >= 15 is 0 Å². The van der Waals surface area contributed by atoms with Crippen LogP contribution >= 0.6 is 22.7 Å². The third-order valence-electron chi connectivity index (χ3n) is 4.79. The van der Waals surface area contributed by atoms with Gasteiger partial charge in [-0.3, -0.25) is 4.79 Å². The van der Waals surface area contributed by atoms with Gasteiger partial charge in [-0.25, -0.2) is 9.37 Å². The van der Waals surface area contributed by atoms with Gasteiger partial charge in [0.2, 0.25) is 11.7 Å². The number of carbonyl (C=O) groups is 1. The highest BCUT2D eigenvalue weighted by atomic mass is 32.1. The number of halogens is 1. The van der Waals surface area contributed by atoms with Gasteiger partial charge in [0.25, 0.3) is 5.89 Å². The van der Waals surface area contributed by atoms with Crippen molar-refractivity contribution >= 4 is 33.7 Å². The number of aryl methyl sites for hydroxylation is 1. The van der Waals surface area contributed by atoms with Gasteiger partial charge in [-0.1, -0.05) is 34.7 Å². The van der Waals surface area contributed by atoms with Crippen LogP contribution in [0.25, 0.3) is 21.5 Å². The lowest BCUT2D eigenvalue weighted by atomic mass is 10.1. The van der Waals surface area contributed by atoms with Crippen LogP contribution in [0.1, 0.15) is 23.6 Å². The molecular formula is C20H15FN4O2S2. The van der Waals surface area contributed by atoms with Crippen molar-refractivity contribution in [2.45, 2.75) is 19.3 Å². The van der Waals surface area contributed by atoms with Crippen molar-refractivity contribution in [1.82, 2.24) is 15.1 Å². The number of hydrogen-bond donors (Lipinski definition) is 1. The molecule has 2 atom stereocenters. The van der Waals surface area contributed by atoms with E-state index in [1.807, 2.05) is 30.5 Å². The van der Waals surface area contributed by atoms with Gasteiger partial charge in [-0.05, 0) is 48.4 Å². The molecule has 0 spiro atoms. The van der Waals surface area contributed by atoms with Crippen LogP contribution in [0.5, 0.6) is 0 Å². The average molecular weight is 426 g/mol. The molecule has 1 N–H and O–H groups in total. The monoisotopic (exact) mass is 426 g/mol. The Morgan fingerprint density at radius 1 is 1.28 bits per heavy atom. The molecule has 4 aromatic rings. The molecule has 1 aromatic carbocycles. The molecule has 6 nitrogen and oxygen atoms in total. The number of rotatable bonds is 5. The molecule has 3 aromatic heterocycles. The zero-order valence-corrected chi connectivity index (χ0v) is 16.9. The molecule has 5 rings (SSSR count). The maximum atomic E-state index is 13.4. The normalized spacial score (nSPS) is 18.0. The van der Waals surface area contributed by atoms with Crippen molar-refractivity contribution in [3.8, 4) is 21.5 Å². The number of thiazole rings is 1. The highest BCUT2D eigenvalue weighted by Crippen LogP contribution is 2.48. The van der Waals surface area contributed by atoms with Crippen LogP contribution in [-0.4, -0.2) is 21.0 Å². The number of carbonyl (C=O) groups excluding carboxylic acids is 1. The predicted molar refractivity (Wildman–Crippen MR) is 109 cm³/mol. The van der Waals surface area contributed by atoms with Crippen LogP contribution in [0.4, 0.5) is 9.52 Å². The Bertz CT molecular complexity index is 1190. The summed E-state index contributed by atoms with van der Waals surface area (Å²) in [5.74, 6) is 0.408. The molecule has 1 aliphatic carbocycles. The molecule has 0 radical (unpaired) electrons. The van der Waals surface area contributed by atoms with Gasteiger partial charge in [-0.2, -0.15) is 4.98 Å². The van der Waals surface area contributed by atoms with Gasteiger partial charge in [0, 0.05) is 5.92 Å². The molecule has 9 heteroatoms. The summed E-state index contributed by atoms with van der Waals surface area (Å²) in [6.45, 7) is 1.84. The minimum absolute atomic E-state index is 0.0514. The third-order valence-corrected chi connectivity index (χ3v) is 6.72. The Labute approximate surface area is 173 Å². The van der Waals surface area contributed by atoms with Gasteiger partial charge in [-0.15, -0.1) is 11.3 Å². The van der Waals surface area contributed by atoms with E-state index in [9.17, 15) is 9.18 Å². The second-order valence-electron chi connectivity index (χ2n) is 6.83. The first-order chi connectivity index (χ1) is 14.1. The fourth-order valence-corrected chi connectivity index (χ4v) is 4.80. The summed E-state index contributed by atoms with van der Waals surface area (Å²) < 4.78 is 18.8. The quantitative estimate of drug-likeness (QED) is 0.480. The molecule has 3 heterocycles. The van der Waals surface area contributed by atoms with Gasteiger partial charge in [0.1, 0.15) is 10.7 Å². The van der Waals surface area contributed by atoms with E-state index in [2.05, 4.69) is 20.4 Å². The summed E-state index contributed by atoms with van der Waals surface area (Å²) in [7, 11) is 0. The van der Waals surface area contributed by atoms with E-state index in [1.54, 1.807) is 6.07 Å². The van der Waals surface area contributed by atoms with E-state index < -0.39 is 0 Å². The molecule has 1 amide bonds. The van der Waals surface area contributed by atoms with E-state index in [4.69, 9.17) is 4.52 Å². The Kier molecular flexibility index (Phi) is 4.48. The third kappa shape index (κ3) is 3.58. The van der Waals surface area contributed by atoms with Gasteiger partial charge >= 0.3 is 0 Å². The number of anilines is 1. The number of nitrogens with zero attached hydrogens (tertiary/aromatic N) is 3. The highest BCUT2D eigenvalue weighted by molar-refractivity contribution is 7.19. The fourth-order valence-electron chi connectivity index (χ4n) is 3.26. The molecule has 1 fully saturated rings. The van der Waals surface area contributed by atoms with Crippen LogP contribution in [0.3, 0.4) is 0 Å². The minimum atomic E-state index is -0.282. The van der Waals surface area contributed by atoms with Crippen LogP contribution in [-0.2, 0) is 4.79 Å². The number of aromatic nitrogens is 3. The molecule has 2 unspecified atom stereocenters. The number of nitrogens with one attached hydrogen (secondary N) is 1. The fraction of sp³-hybridized carbons (Fsp3) is 0.200. The summed E-state index contributed by atoms with van der Waals surface area (Å²) in [5, 5.41) is 9.33. The van der Waals surface area contributed by atoms with Crippen molar-refractivity contribution in [3.63, 3.8) is 0 Å². The second kappa shape index (κ2) is 7.16. The molecule has 146 valence electrons. The molecule has 0 aliphatic heterocycles. The highest BCUT2D eigenvalue weighted by Gasteiger charge is 2.44. The summed E-state index contributed by atoms with van der Waals surface area (Å²) >= 11 is 2.83. The lowest BCUT2D eigenvalue weighted by molar-refractivity contribution is -0.117. The summed E-state index contributed by atoms with van der Waals surface area (Å²) in [5.41, 5.74) is 1.57. The Balaban J connectivity index is 1.29. The smallest absolute Gasteiger partial charge is 0.270 e. The number of benzene rings is 1.